The molecule has 16 heavy (non-hydrogen) atoms. The van der Waals surface area contributed by atoms with Crippen LogP contribution in [0.5, 0.6) is 0 Å². The van der Waals surface area contributed by atoms with Gasteiger partial charge in [0.1, 0.15) is 0 Å². The molecule has 2 nitrogen and oxygen atoms in total. The maximum Gasteiger partial charge on any atom is 0.225 e. The summed E-state index contributed by atoms with van der Waals surface area (Å²) in [6, 6.07) is 0. The van der Waals surface area contributed by atoms with Gasteiger partial charge < -0.3 is 4.90 Å². The summed E-state index contributed by atoms with van der Waals surface area (Å²) >= 11 is 6.26. The van der Waals surface area contributed by atoms with Crippen molar-refractivity contribution in [1.29, 1.82) is 0 Å². The summed E-state index contributed by atoms with van der Waals surface area (Å²) in [7, 11) is 0. The van der Waals surface area contributed by atoms with Crippen molar-refractivity contribution in [2.24, 2.45) is 17.8 Å². The minimum Gasteiger partial charge on any atom is -0.341 e. The zero-order valence-corrected chi connectivity index (χ0v) is 11.0. The molecular formula is C13H22ClNO. The highest BCUT2D eigenvalue weighted by Crippen LogP contribution is 2.34. The largest absolute Gasteiger partial charge is 0.341 e. The van der Waals surface area contributed by atoms with Crippen molar-refractivity contribution in [2.75, 3.05) is 13.1 Å². The number of nitrogens with zero attached hydrogens (tertiary/aromatic N) is 1. The summed E-state index contributed by atoms with van der Waals surface area (Å²) in [4.78, 5) is 14.3. The topological polar surface area (TPSA) is 20.3 Å². The molecule has 0 spiro atoms. The third-order valence-corrected chi connectivity index (χ3v) is 4.93. The van der Waals surface area contributed by atoms with Crippen LogP contribution in [0.4, 0.5) is 0 Å². The van der Waals surface area contributed by atoms with Gasteiger partial charge in [-0.2, -0.15) is 0 Å². The molecule has 2 rings (SSSR count). The quantitative estimate of drug-likeness (QED) is 0.649. The van der Waals surface area contributed by atoms with Crippen LogP contribution in [0.2, 0.25) is 0 Å². The van der Waals surface area contributed by atoms with Gasteiger partial charge in [0.15, 0.2) is 0 Å². The first-order chi connectivity index (χ1) is 7.59. The van der Waals surface area contributed by atoms with Gasteiger partial charge in [-0.05, 0) is 31.1 Å². The average Bonchev–Trinajstić information content (AvgIpc) is 2.67. The summed E-state index contributed by atoms with van der Waals surface area (Å²) in [6.07, 6.45) is 4.57. The SMILES string of the molecule is CC1CCN(C(=O)C2CCCC2C)CC1Cl. The molecule has 0 bridgehead atoms. The van der Waals surface area contributed by atoms with Gasteiger partial charge in [-0.25, -0.2) is 0 Å². The third kappa shape index (κ3) is 2.37. The fourth-order valence-corrected chi connectivity index (χ4v) is 3.26. The molecule has 2 aliphatic rings. The minimum absolute atomic E-state index is 0.148. The Bertz CT molecular complexity index is 269. The van der Waals surface area contributed by atoms with Crippen molar-refractivity contribution in [2.45, 2.75) is 44.9 Å². The third-order valence-electron chi connectivity index (χ3n) is 4.36. The van der Waals surface area contributed by atoms with Crippen molar-refractivity contribution in [1.82, 2.24) is 4.90 Å². The van der Waals surface area contributed by atoms with Gasteiger partial charge in [0, 0.05) is 19.0 Å². The Morgan fingerprint density at radius 3 is 2.50 bits per heavy atom. The lowest BCUT2D eigenvalue weighted by atomic mass is 9.93. The van der Waals surface area contributed by atoms with Crippen molar-refractivity contribution in [3.05, 3.63) is 0 Å². The first kappa shape index (κ1) is 12.2. The van der Waals surface area contributed by atoms with Gasteiger partial charge in [0.25, 0.3) is 0 Å². The summed E-state index contributed by atoms with van der Waals surface area (Å²) < 4.78 is 0. The molecule has 0 N–H and O–H groups in total. The molecule has 2 fully saturated rings. The lowest BCUT2D eigenvalue weighted by molar-refractivity contribution is -0.137. The van der Waals surface area contributed by atoms with E-state index in [1.165, 1.54) is 12.8 Å². The molecule has 0 aromatic rings. The van der Waals surface area contributed by atoms with E-state index in [0.29, 0.717) is 17.7 Å². The molecule has 1 heterocycles. The van der Waals surface area contributed by atoms with E-state index in [9.17, 15) is 4.79 Å². The van der Waals surface area contributed by atoms with Crippen molar-refractivity contribution < 1.29 is 4.79 Å². The highest BCUT2D eigenvalue weighted by atomic mass is 35.5. The van der Waals surface area contributed by atoms with E-state index in [-0.39, 0.29) is 11.3 Å². The van der Waals surface area contributed by atoms with Crippen LogP contribution in [-0.4, -0.2) is 29.3 Å². The number of likely N-dealkylation sites (tertiary alicyclic amines) is 1. The molecule has 1 amide bonds. The first-order valence-corrected chi connectivity index (χ1v) is 6.96. The first-order valence-electron chi connectivity index (χ1n) is 6.52. The number of rotatable bonds is 1. The predicted molar refractivity (Wildman–Crippen MR) is 66.5 cm³/mol. The number of carbonyl (C=O) groups is 1. The van der Waals surface area contributed by atoms with Crippen LogP contribution in [0.3, 0.4) is 0 Å². The van der Waals surface area contributed by atoms with E-state index < -0.39 is 0 Å². The second kappa shape index (κ2) is 4.95. The van der Waals surface area contributed by atoms with Gasteiger partial charge in [-0.1, -0.05) is 20.3 Å². The smallest absolute Gasteiger partial charge is 0.225 e. The second-order valence-electron chi connectivity index (χ2n) is 5.58. The lowest BCUT2D eigenvalue weighted by Gasteiger charge is -2.36. The summed E-state index contributed by atoms with van der Waals surface area (Å²) in [6.45, 7) is 6.05. The Morgan fingerprint density at radius 2 is 1.94 bits per heavy atom. The van der Waals surface area contributed by atoms with E-state index >= 15 is 0 Å². The monoisotopic (exact) mass is 243 g/mol. The highest BCUT2D eigenvalue weighted by Gasteiger charge is 2.35. The van der Waals surface area contributed by atoms with Crippen molar-refractivity contribution in [3.63, 3.8) is 0 Å². The van der Waals surface area contributed by atoms with E-state index in [1.807, 2.05) is 4.90 Å². The molecule has 4 unspecified atom stereocenters. The normalized spacial score (nSPS) is 40.1. The van der Waals surface area contributed by atoms with Crippen molar-refractivity contribution >= 4 is 17.5 Å². The molecular weight excluding hydrogens is 222 g/mol. The van der Waals surface area contributed by atoms with E-state index in [0.717, 1.165) is 25.9 Å². The van der Waals surface area contributed by atoms with Crippen LogP contribution in [0.15, 0.2) is 0 Å². The van der Waals surface area contributed by atoms with Gasteiger partial charge in [-0.3, -0.25) is 4.79 Å². The Morgan fingerprint density at radius 1 is 1.19 bits per heavy atom. The zero-order chi connectivity index (χ0) is 11.7. The van der Waals surface area contributed by atoms with Gasteiger partial charge in [0.05, 0.1) is 5.38 Å². The molecule has 3 heteroatoms. The molecule has 1 saturated carbocycles. The summed E-state index contributed by atoms with van der Waals surface area (Å²) in [5.74, 6) is 1.76. The Labute approximate surface area is 103 Å². The summed E-state index contributed by atoms with van der Waals surface area (Å²) in [5.41, 5.74) is 0. The van der Waals surface area contributed by atoms with Crippen LogP contribution < -0.4 is 0 Å². The van der Waals surface area contributed by atoms with Crippen LogP contribution in [0.1, 0.15) is 39.5 Å². The lowest BCUT2D eigenvalue weighted by Crippen LogP contribution is -2.46. The second-order valence-corrected chi connectivity index (χ2v) is 6.14. The van der Waals surface area contributed by atoms with E-state index in [1.54, 1.807) is 0 Å². The molecule has 92 valence electrons. The number of hydrogen-bond donors (Lipinski definition) is 0. The Hall–Kier alpha value is -0.240. The molecule has 1 aliphatic carbocycles. The number of piperidine rings is 1. The summed E-state index contributed by atoms with van der Waals surface area (Å²) in [5, 5.41) is 0.148. The number of alkyl halides is 1. The fourth-order valence-electron chi connectivity index (χ4n) is 2.97. The predicted octanol–water partition coefficient (Wildman–Crippen LogP) is 2.90. The number of halogens is 1. The maximum absolute atomic E-state index is 12.3. The van der Waals surface area contributed by atoms with Crippen molar-refractivity contribution in [3.8, 4) is 0 Å². The van der Waals surface area contributed by atoms with E-state index in [2.05, 4.69) is 13.8 Å². The highest BCUT2D eigenvalue weighted by molar-refractivity contribution is 6.21. The molecule has 0 radical (unpaired) electrons. The van der Waals surface area contributed by atoms with Crippen LogP contribution in [0, 0.1) is 17.8 Å². The van der Waals surface area contributed by atoms with E-state index in [4.69, 9.17) is 11.6 Å². The molecule has 4 atom stereocenters. The zero-order valence-electron chi connectivity index (χ0n) is 10.3. The number of amides is 1. The van der Waals surface area contributed by atoms with Crippen LogP contribution in [0.25, 0.3) is 0 Å². The number of hydrogen-bond acceptors (Lipinski definition) is 1. The van der Waals surface area contributed by atoms with Gasteiger partial charge in [0.2, 0.25) is 5.91 Å². The maximum atomic E-state index is 12.3. The molecule has 1 saturated heterocycles. The van der Waals surface area contributed by atoms with Gasteiger partial charge >= 0.3 is 0 Å². The number of carbonyl (C=O) groups excluding carboxylic acids is 1. The Balaban J connectivity index is 1.95. The fraction of sp³-hybridized carbons (Fsp3) is 0.923. The molecule has 0 aromatic heterocycles. The minimum atomic E-state index is 0.148. The Kier molecular flexibility index (Phi) is 3.78. The average molecular weight is 244 g/mol. The molecule has 1 aliphatic heterocycles. The van der Waals surface area contributed by atoms with Gasteiger partial charge in [-0.15, -0.1) is 11.6 Å². The van der Waals surface area contributed by atoms with Crippen LogP contribution >= 0.6 is 11.6 Å². The van der Waals surface area contributed by atoms with Crippen LogP contribution in [-0.2, 0) is 4.79 Å². The molecule has 0 aromatic carbocycles. The standard InChI is InChI=1S/C13H22ClNO/c1-9-4-3-5-11(9)13(16)15-7-6-10(2)12(14)8-15/h9-12H,3-8H2,1-2H3.